The van der Waals surface area contributed by atoms with Crippen LogP contribution in [0.1, 0.15) is 57.4 Å². The van der Waals surface area contributed by atoms with Crippen molar-refractivity contribution in [1.82, 2.24) is 0 Å². The Labute approximate surface area is 157 Å². The highest BCUT2D eigenvalue weighted by Gasteiger charge is 2.14. The molecule has 0 aliphatic heterocycles. The molecule has 0 atom stereocenters. The third-order valence-corrected chi connectivity index (χ3v) is 5.21. The fourth-order valence-electron chi connectivity index (χ4n) is 2.88. The SMILES string of the molecule is CCCCCCCCCc1ccc(S(=O)(=O)O)cc1Oc1ccccc1. The van der Waals surface area contributed by atoms with Crippen molar-refractivity contribution in [3.8, 4) is 11.5 Å². The van der Waals surface area contributed by atoms with Gasteiger partial charge in [-0.2, -0.15) is 8.42 Å². The minimum atomic E-state index is -4.25. The third-order valence-electron chi connectivity index (χ3n) is 4.36. The number of ether oxygens (including phenoxy) is 1. The molecule has 0 unspecified atom stereocenters. The van der Waals surface area contributed by atoms with Crippen LogP contribution in [0.15, 0.2) is 53.4 Å². The van der Waals surface area contributed by atoms with Crippen LogP contribution in [0.3, 0.4) is 0 Å². The Morgan fingerprint density at radius 1 is 0.885 bits per heavy atom. The van der Waals surface area contributed by atoms with Gasteiger partial charge in [-0.1, -0.05) is 69.7 Å². The van der Waals surface area contributed by atoms with Crippen LogP contribution in [-0.2, 0) is 16.5 Å². The molecule has 2 aromatic carbocycles. The van der Waals surface area contributed by atoms with E-state index in [-0.39, 0.29) is 4.90 Å². The Morgan fingerprint density at radius 3 is 2.19 bits per heavy atom. The van der Waals surface area contributed by atoms with E-state index in [2.05, 4.69) is 6.92 Å². The predicted octanol–water partition coefficient (Wildman–Crippen LogP) is 6.02. The summed E-state index contributed by atoms with van der Waals surface area (Å²) in [5, 5.41) is 0. The standard InChI is InChI=1S/C21H28O4S/c1-2-3-4-5-6-7-9-12-18-15-16-20(26(22,23)24)17-21(18)25-19-13-10-8-11-14-19/h8,10-11,13-17H,2-7,9,12H2,1H3,(H,22,23,24). The molecule has 4 nitrogen and oxygen atoms in total. The largest absolute Gasteiger partial charge is 0.457 e. The molecular weight excluding hydrogens is 348 g/mol. The molecule has 1 N–H and O–H groups in total. The van der Waals surface area contributed by atoms with Crippen LogP contribution < -0.4 is 4.74 Å². The summed E-state index contributed by atoms with van der Waals surface area (Å²) in [7, 11) is -4.25. The van der Waals surface area contributed by atoms with Crippen molar-refractivity contribution in [1.29, 1.82) is 0 Å². The Bertz CT molecular complexity index is 770. The van der Waals surface area contributed by atoms with Gasteiger partial charge in [-0.15, -0.1) is 0 Å². The normalized spacial score (nSPS) is 11.5. The van der Waals surface area contributed by atoms with Crippen molar-refractivity contribution < 1.29 is 17.7 Å². The first-order chi connectivity index (χ1) is 12.5. The molecule has 0 amide bonds. The van der Waals surface area contributed by atoms with Gasteiger partial charge in [0.15, 0.2) is 0 Å². The van der Waals surface area contributed by atoms with Crippen LogP contribution in [-0.4, -0.2) is 13.0 Å². The quantitative estimate of drug-likeness (QED) is 0.385. The monoisotopic (exact) mass is 376 g/mol. The lowest BCUT2D eigenvalue weighted by molar-refractivity contribution is 0.466. The summed E-state index contributed by atoms with van der Waals surface area (Å²) in [5.74, 6) is 1.12. The Morgan fingerprint density at radius 2 is 1.54 bits per heavy atom. The van der Waals surface area contributed by atoms with Crippen molar-refractivity contribution in [2.75, 3.05) is 0 Å². The first-order valence-corrected chi connectivity index (χ1v) is 10.8. The lowest BCUT2D eigenvalue weighted by Crippen LogP contribution is -2.00. The van der Waals surface area contributed by atoms with E-state index in [1.165, 1.54) is 44.2 Å². The summed E-state index contributed by atoms with van der Waals surface area (Å²) in [6.07, 6.45) is 9.33. The van der Waals surface area contributed by atoms with Gasteiger partial charge in [0.05, 0.1) is 4.90 Å². The van der Waals surface area contributed by atoms with Crippen LogP contribution >= 0.6 is 0 Å². The molecule has 26 heavy (non-hydrogen) atoms. The molecule has 5 heteroatoms. The van der Waals surface area contributed by atoms with Crippen LogP contribution in [0.5, 0.6) is 11.5 Å². The molecule has 2 rings (SSSR count). The van der Waals surface area contributed by atoms with Crippen molar-refractivity contribution in [2.45, 2.75) is 63.2 Å². The zero-order valence-corrected chi connectivity index (χ0v) is 16.2. The molecule has 0 radical (unpaired) electrons. The van der Waals surface area contributed by atoms with Crippen LogP contribution in [0.25, 0.3) is 0 Å². The topological polar surface area (TPSA) is 63.6 Å². The highest BCUT2D eigenvalue weighted by atomic mass is 32.2. The molecule has 0 aromatic heterocycles. The molecule has 0 spiro atoms. The van der Waals surface area contributed by atoms with Crippen molar-refractivity contribution >= 4 is 10.1 Å². The zero-order chi connectivity index (χ0) is 18.8. The van der Waals surface area contributed by atoms with Gasteiger partial charge in [0.2, 0.25) is 0 Å². The second-order valence-electron chi connectivity index (χ2n) is 6.53. The molecule has 2 aromatic rings. The Balaban J connectivity index is 2.04. The number of para-hydroxylation sites is 1. The van der Waals surface area contributed by atoms with E-state index in [4.69, 9.17) is 4.74 Å². The van der Waals surface area contributed by atoms with Gasteiger partial charge in [-0.25, -0.2) is 0 Å². The lowest BCUT2D eigenvalue weighted by atomic mass is 10.0. The van der Waals surface area contributed by atoms with Crippen LogP contribution in [0.2, 0.25) is 0 Å². The van der Waals surface area contributed by atoms with Crippen molar-refractivity contribution in [3.63, 3.8) is 0 Å². The summed E-state index contributed by atoms with van der Waals surface area (Å²) in [4.78, 5) is -0.147. The van der Waals surface area contributed by atoms with E-state index in [1.54, 1.807) is 6.07 Å². The maximum atomic E-state index is 11.4. The number of hydrogen-bond donors (Lipinski definition) is 1. The molecule has 0 saturated carbocycles. The van der Waals surface area contributed by atoms with E-state index in [0.29, 0.717) is 11.5 Å². The van der Waals surface area contributed by atoms with Gasteiger partial charge in [-0.05, 0) is 36.6 Å². The molecule has 0 fully saturated rings. The molecule has 0 bridgehead atoms. The third kappa shape index (κ3) is 6.81. The zero-order valence-electron chi connectivity index (χ0n) is 15.4. The highest BCUT2D eigenvalue weighted by Crippen LogP contribution is 2.29. The second-order valence-corrected chi connectivity index (χ2v) is 7.95. The summed E-state index contributed by atoms with van der Waals surface area (Å²) < 4.78 is 38.1. The second kappa shape index (κ2) is 10.3. The maximum absolute atomic E-state index is 11.4. The highest BCUT2D eigenvalue weighted by molar-refractivity contribution is 7.85. The summed E-state index contributed by atoms with van der Waals surface area (Å²) >= 11 is 0. The number of rotatable bonds is 11. The van der Waals surface area contributed by atoms with Gasteiger partial charge < -0.3 is 4.74 Å². The lowest BCUT2D eigenvalue weighted by Gasteiger charge is -2.12. The van der Waals surface area contributed by atoms with Crippen LogP contribution in [0.4, 0.5) is 0 Å². The molecule has 0 aliphatic rings. The van der Waals surface area contributed by atoms with E-state index in [0.717, 1.165) is 24.8 Å². The molecule has 0 saturated heterocycles. The Hall–Kier alpha value is -1.85. The molecule has 0 aliphatic carbocycles. The van der Waals surface area contributed by atoms with Gasteiger partial charge in [-0.3, -0.25) is 4.55 Å². The smallest absolute Gasteiger partial charge is 0.294 e. The van der Waals surface area contributed by atoms with Gasteiger partial charge in [0.25, 0.3) is 10.1 Å². The average molecular weight is 377 g/mol. The van der Waals surface area contributed by atoms with E-state index < -0.39 is 10.1 Å². The predicted molar refractivity (Wildman–Crippen MR) is 104 cm³/mol. The molecule has 142 valence electrons. The van der Waals surface area contributed by atoms with E-state index in [1.807, 2.05) is 30.3 Å². The number of unbranched alkanes of at least 4 members (excludes halogenated alkanes) is 6. The summed E-state index contributed by atoms with van der Waals surface area (Å²) in [6.45, 7) is 2.21. The van der Waals surface area contributed by atoms with Gasteiger partial charge in [0, 0.05) is 6.07 Å². The van der Waals surface area contributed by atoms with E-state index in [9.17, 15) is 13.0 Å². The van der Waals surface area contributed by atoms with E-state index >= 15 is 0 Å². The van der Waals surface area contributed by atoms with Gasteiger partial charge in [0.1, 0.15) is 11.5 Å². The summed E-state index contributed by atoms with van der Waals surface area (Å²) in [5.41, 5.74) is 0.954. The summed E-state index contributed by atoms with van der Waals surface area (Å²) in [6, 6.07) is 13.8. The molecule has 0 heterocycles. The number of hydrogen-bond acceptors (Lipinski definition) is 3. The average Bonchev–Trinajstić information content (AvgIpc) is 2.62. The van der Waals surface area contributed by atoms with Crippen molar-refractivity contribution in [3.05, 3.63) is 54.1 Å². The molecular formula is C21H28O4S. The van der Waals surface area contributed by atoms with Gasteiger partial charge >= 0.3 is 0 Å². The Kier molecular flexibility index (Phi) is 8.13. The fourth-order valence-corrected chi connectivity index (χ4v) is 3.38. The minimum absolute atomic E-state index is 0.147. The minimum Gasteiger partial charge on any atom is -0.457 e. The fraction of sp³-hybridized carbons (Fsp3) is 0.429. The first kappa shape index (κ1) is 20.5. The van der Waals surface area contributed by atoms with Crippen LogP contribution in [0, 0.1) is 0 Å². The van der Waals surface area contributed by atoms with Crippen molar-refractivity contribution in [2.24, 2.45) is 0 Å². The first-order valence-electron chi connectivity index (χ1n) is 9.34. The maximum Gasteiger partial charge on any atom is 0.294 e. The number of benzene rings is 2. The number of aryl methyl sites for hydroxylation is 1.